The third-order valence-electron chi connectivity index (χ3n) is 7.31. The highest BCUT2D eigenvalue weighted by Gasteiger charge is 2.80. The van der Waals surface area contributed by atoms with Crippen molar-refractivity contribution in [1.29, 1.82) is 0 Å². The molecular weight excluding hydrogens is 281 g/mol. The molecule has 0 aromatic carbocycles. The van der Waals surface area contributed by atoms with Gasteiger partial charge in [-0.2, -0.15) is 13.2 Å². The Morgan fingerprint density at radius 2 is 1.52 bits per heavy atom. The average molecular weight is 300 g/mol. The van der Waals surface area contributed by atoms with Crippen molar-refractivity contribution in [2.24, 2.45) is 47.3 Å². The molecular formula is C15H19F3N2O. The van der Waals surface area contributed by atoms with Crippen LogP contribution in [0.5, 0.6) is 0 Å². The lowest BCUT2D eigenvalue weighted by Gasteiger charge is -2.33. The Balaban J connectivity index is 1.22. The number of hydrogen-bond acceptors (Lipinski definition) is 2. The third-order valence-corrected chi connectivity index (χ3v) is 7.31. The summed E-state index contributed by atoms with van der Waals surface area (Å²) in [5.74, 6) is 6.21. The van der Waals surface area contributed by atoms with Crippen LogP contribution in [0.4, 0.5) is 13.2 Å². The number of nitrogens with one attached hydrogen (secondary N) is 2. The number of halogens is 3. The Morgan fingerprint density at radius 3 is 2.05 bits per heavy atom. The molecule has 8 atom stereocenters. The Morgan fingerprint density at radius 1 is 0.952 bits per heavy atom. The van der Waals surface area contributed by atoms with Gasteiger partial charge >= 0.3 is 6.18 Å². The molecule has 6 bridgehead atoms. The van der Waals surface area contributed by atoms with Gasteiger partial charge in [-0.15, -0.1) is 0 Å². The van der Waals surface area contributed by atoms with Gasteiger partial charge in [-0.1, -0.05) is 0 Å². The van der Waals surface area contributed by atoms with E-state index in [0.29, 0.717) is 17.9 Å². The zero-order valence-corrected chi connectivity index (χ0v) is 11.6. The first kappa shape index (κ1) is 12.7. The predicted octanol–water partition coefficient (Wildman–Crippen LogP) is 1.40. The first-order valence-electron chi connectivity index (χ1n) is 8.02. The van der Waals surface area contributed by atoms with Crippen molar-refractivity contribution in [2.45, 2.75) is 25.1 Å². The van der Waals surface area contributed by atoms with Crippen LogP contribution in [0.1, 0.15) is 12.8 Å². The quantitative estimate of drug-likeness (QED) is 0.824. The second-order valence-electron chi connectivity index (χ2n) is 7.73. The molecule has 6 fully saturated rings. The van der Waals surface area contributed by atoms with Crippen molar-refractivity contribution in [3.05, 3.63) is 0 Å². The number of carbonyl (C=O) groups excluding carboxylic acids is 1. The van der Waals surface area contributed by atoms with Crippen molar-refractivity contribution in [2.75, 3.05) is 13.1 Å². The molecule has 0 spiro atoms. The fourth-order valence-corrected chi connectivity index (χ4v) is 7.36. The summed E-state index contributed by atoms with van der Waals surface area (Å²) in [7, 11) is 0. The summed E-state index contributed by atoms with van der Waals surface area (Å²) in [5, 5.41) is 5.27. The molecule has 21 heavy (non-hydrogen) atoms. The van der Waals surface area contributed by atoms with Crippen molar-refractivity contribution < 1.29 is 18.0 Å². The van der Waals surface area contributed by atoms with Gasteiger partial charge in [0, 0.05) is 6.04 Å². The second-order valence-corrected chi connectivity index (χ2v) is 7.73. The molecule has 6 aliphatic rings. The second kappa shape index (κ2) is 3.76. The minimum Gasteiger partial charge on any atom is -0.346 e. The summed E-state index contributed by atoms with van der Waals surface area (Å²) in [4.78, 5) is 11.6. The van der Waals surface area contributed by atoms with E-state index < -0.39 is 18.6 Å². The first-order valence-corrected chi connectivity index (χ1v) is 8.02. The van der Waals surface area contributed by atoms with E-state index in [1.165, 1.54) is 12.8 Å². The number of alkyl halides is 3. The first-order chi connectivity index (χ1) is 9.96. The maximum absolute atomic E-state index is 12.1. The lowest BCUT2D eigenvalue weighted by atomic mass is 9.71. The van der Waals surface area contributed by atoms with Crippen molar-refractivity contribution in [1.82, 2.24) is 10.6 Å². The Bertz CT molecular complexity index is 480. The molecule has 3 nitrogen and oxygen atoms in total. The molecule has 0 heterocycles. The van der Waals surface area contributed by atoms with Crippen molar-refractivity contribution >= 4 is 5.91 Å². The molecule has 116 valence electrons. The number of amides is 1. The van der Waals surface area contributed by atoms with Gasteiger partial charge in [0.1, 0.15) is 6.54 Å². The van der Waals surface area contributed by atoms with Crippen LogP contribution >= 0.6 is 0 Å². The molecule has 0 aromatic rings. The summed E-state index contributed by atoms with van der Waals surface area (Å²) >= 11 is 0. The largest absolute Gasteiger partial charge is 0.405 e. The zero-order valence-electron chi connectivity index (χ0n) is 11.6. The molecule has 0 saturated heterocycles. The molecule has 0 aliphatic heterocycles. The zero-order chi connectivity index (χ0) is 14.5. The van der Waals surface area contributed by atoms with Crippen molar-refractivity contribution in [3.8, 4) is 0 Å². The summed E-state index contributed by atoms with van der Waals surface area (Å²) in [5.41, 5.74) is 0. The van der Waals surface area contributed by atoms with E-state index in [9.17, 15) is 18.0 Å². The summed E-state index contributed by atoms with van der Waals surface area (Å²) in [6.45, 7) is -1.20. The number of carbonyl (C=O) groups is 1. The standard InChI is InChI=1S/C15H19F3N2O/c16-15(17,18)4-20-9(21)3-19-14-12-7-1-5-6-2-8(10(5)12)13(14)11(6)7/h5-8,10-14,19H,1-4H2,(H,20,21). The molecule has 0 radical (unpaired) electrons. The number of hydrogen-bond donors (Lipinski definition) is 2. The lowest BCUT2D eigenvalue weighted by Crippen LogP contribution is -2.44. The summed E-state index contributed by atoms with van der Waals surface area (Å²) < 4.78 is 36.2. The predicted molar refractivity (Wildman–Crippen MR) is 68.0 cm³/mol. The van der Waals surface area contributed by atoms with Crippen LogP contribution in [0.2, 0.25) is 0 Å². The maximum atomic E-state index is 12.1. The van der Waals surface area contributed by atoms with Crippen LogP contribution in [0.3, 0.4) is 0 Å². The highest BCUT2D eigenvalue weighted by atomic mass is 19.4. The molecule has 6 rings (SSSR count). The molecule has 2 N–H and O–H groups in total. The smallest absolute Gasteiger partial charge is 0.346 e. The van der Waals surface area contributed by atoms with Crippen LogP contribution in [-0.4, -0.2) is 31.2 Å². The maximum Gasteiger partial charge on any atom is 0.405 e. The van der Waals surface area contributed by atoms with Crippen LogP contribution in [0.15, 0.2) is 0 Å². The topological polar surface area (TPSA) is 41.1 Å². The van der Waals surface area contributed by atoms with Gasteiger partial charge in [0.15, 0.2) is 0 Å². The van der Waals surface area contributed by atoms with Gasteiger partial charge in [-0.05, 0) is 60.2 Å². The van der Waals surface area contributed by atoms with Gasteiger partial charge in [0.2, 0.25) is 5.91 Å². The fourth-order valence-electron chi connectivity index (χ4n) is 7.36. The molecule has 6 saturated carbocycles. The van der Waals surface area contributed by atoms with E-state index in [0.717, 1.165) is 35.5 Å². The van der Waals surface area contributed by atoms with E-state index in [1.54, 1.807) is 0 Å². The monoisotopic (exact) mass is 300 g/mol. The SMILES string of the molecule is O=C(CNC1C2C3CC4C5CC(C42)C1C53)NCC(F)(F)F. The molecule has 6 heteroatoms. The van der Waals surface area contributed by atoms with Crippen LogP contribution in [-0.2, 0) is 4.79 Å². The van der Waals surface area contributed by atoms with Crippen molar-refractivity contribution in [3.63, 3.8) is 0 Å². The van der Waals surface area contributed by atoms with Crippen LogP contribution in [0, 0.1) is 47.3 Å². The molecule has 0 aromatic heterocycles. The van der Waals surface area contributed by atoms with Gasteiger partial charge in [-0.3, -0.25) is 4.79 Å². The highest BCUT2D eigenvalue weighted by molar-refractivity contribution is 5.78. The lowest BCUT2D eigenvalue weighted by molar-refractivity contribution is -0.138. The summed E-state index contributed by atoms with van der Waals surface area (Å²) in [6, 6.07) is 0.393. The van der Waals surface area contributed by atoms with Crippen LogP contribution < -0.4 is 10.6 Å². The summed E-state index contributed by atoms with van der Waals surface area (Å²) in [6.07, 6.45) is -1.56. The Labute approximate surface area is 121 Å². The van der Waals surface area contributed by atoms with Gasteiger partial charge in [-0.25, -0.2) is 0 Å². The third kappa shape index (κ3) is 1.47. The molecule has 8 unspecified atom stereocenters. The van der Waals surface area contributed by atoms with E-state index in [-0.39, 0.29) is 6.54 Å². The Hall–Kier alpha value is -0.780. The van der Waals surface area contributed by atoms with E-state index in [4.69, 9.17) is 0 Å². The normalized spacial score (nSPS) is 54.3. The Kier molecular flexibility index (Phi) is 2.28. The van der Waals surface area contributed by atoms with E-state index >= 15 is 0 Å². The van der Waals surface area contributed by atoms with E-state index in [2.05, 4.69) is 5.32 Å². The minimum absolute atomic E-state index is 0.0297. The van der Waals surface area contributed by atoms with Crippen LogP contribution in [0.25, 0.3) is 0 Å². The van der Waals surface area contributed by atoms with Gasteiger partial charge in [0.25, 0.3) is 0 Å². The van der Waals surface area contributed by atoms with Gasteiger partial charge < -0.3 is 10.6 Å². The minimum atomic E-state index is -4.33. The number of rotatable bonds is 4. The van der Waals surface area contributed by atoms with Gasteiger partial charge in [0.05, 0.1) is 6.54 Å². The fraction of sp³-hybridized carbons (Fsp3) is 0.933. The highest BCUT2D eigenvalue weighted by Crippen LogP contribution is 2.82. The average Bonchev–Trinajstić information content (AvgIpc) is 3.09. The van der Waals surface area contributed by atoms with E-state index in [1.807, 2.05) is 5.32 Å². The molecule has 6 aliphatic carbocycles. The molecule has 1 amide bonds.